The summed E-state index contributed by atoms with van der Waals surface area (Å²) in [4.78, 5) is 14.3. The largest absolute Gasteiger partial charge is 0.375 e. The van der Waals surface area contributed by atoms with Crippen LogP contribution in [0, 0.1) is 10.1 Å². The van der Waals surface area contributed by atoms with Gasteiger partial charge in [-0.15, -0.1) is 0 Å². The lowest BCUT2D eigenvalue weighted by Crippen LogP contribution is -2.24. The Hall–Kier alpha value is -2.81. The van der Waals surface area contributed by atoms with Crippen LogP contribution in [0.25, 0.3) is 5.69 Å². The van der Waals surface area contributed by atoms with Gasteiger partial charge in [-0.3, -0.25) is 20.1 Å². The minimum atomic E-state index is -0.452. The molecule has 1 aromatic heterocycles. The van der Waals surface area contributed by atoms with Crippen LogP contribution in [0.2, 0.25) is 0 Å². The molecule has 0 saturated carbocycles. The molecule has 0 unspecified atom stereocenters. The lowest BCUT2D eigenvalue weighted by atomic mass is 10.3. The molecule has 0 aliphatic heterocycles. The number of hydrogen-bond donors (Lipinski definition) is 2. The molecule has 0 saturated heterocycles. The number of non-ortho nitro benzene ring substituents is 1. The lowest BCUT2D eigenvalue weighted by Gasteiger charge is -2.04. The van der Waals surface area contributed by atoms with Crippen LogP contribution in [0.4, 0.5) is 5.69 Å². The van der Waals surface area contributed by atoms with E-state index in [1.807, 2.05) is 0 Å². The van der Waals surface area contributed by atoms with Crippen molar-refractivity contribution in [2.75, 3.05) is 0 Å². The number of rotatable bonds is 4. The van der Waals surface area contributed by atoms with Crippen LogP contribution in [0.5, 0.6) is 0 Å². The van der Waals surface area contributed by atoms with E-state index in [2.05, 4.69) is 27.7 Å². The number of aromatic nitrogens is 2. The molecule has 8 nitrogen and oxygen atoms in total. The van der Waals surface area contributed by atoms with Crippen molar-refractivity contribution in [3.63, 3.8) is 0 Å². The van der Waals surface area contributed by atoms with Crippen LogP contribution in [-0.2, 0) is 0 Å². The molecular weight excluding hydrogens is 280 g/mol. The summed E-state index contributed by atoms with van der Waals surface area (Å²) in [5.74, 6) is 0.530. The average Bonchev–Trinajstić information content (AvgIpc) is 2.87. The minimum Gasteiger partial charge on any atom is -0.375 e. The Morgan fingerprint density at radius 3 is 2.80 bits per heavy atom. The van der Waals surface area contributed by atoms with E-state index in [1.165, 1.54) is 18.3 Å². The van der Waals surface area contributed by atoms with Crippen molar-refractivity contribution < 1.29 is 4.92 Å². The number of imidazole rings is 1. The second-order valence-corrected chi connectivity index (χ2v) is 4.10. The van der Waals surface area contributed by atoms with Crippen LogP contribution in [0.15, 0.2) is 41.8 Å². The zero-order chi connectivity index (χ0) is 14.5. The van der Waals surface area contributed by atoms with Gasteiger partial charge >= 0.3 is 0 Å². The summed E-state index contributed by atoms with van der Waals surface area (Å²) in [5.41, 5.74) is 8.42. The second kappa shape index (κ2) is 5.89. The quantitative estimate of drug-likeness (QED) is 0.375. The molecule has 2 aromatic rings. The molecule has 20 heavy (non-hydrogen) atoms. The van der Waals surface area contributed by atoms with Crippen molar-refractivity contribution in [3.8, 4) is 5.69 Å². The van der Waals surface area contributed by atoms with Gasteiger partial charge in [0, 0.05) is 30.2 Å². The lowest BCUT2D eigenvalue weighted by molar-refractivity contribution is -0.384. The summed E-state index contributed by atoms with van der Waals surface area (Å²) in [7, 11) is 0. The Balaban J connectivity index is 2.25. The molecule has 0 bridgehead atoms. The summed E-state index contributed by atoms with van der Waals surface area (Å²) >= 11 is 4.62. The first-order valence-electron chi connectivity index (χ1n) is 5.44. The molecule has 0 fully saturated rings. The number of nitrogens with one attached hydrogen (secondary N) is 1. The third-order valence-electron chi connectivity index (χ3n) is 2.36. The van der Waals surface area contributed by atoms with Crippen LogP contribution in [0.1, 0.15) is 5.82 Å². The molecule has 1 aromatic carbocycles. The van der Waals surface area contributed by atoms with E-state index >= 15 is 0 Å². The van der Waals surface area contributed by atoms with Gasteiger partial charge < -0.3 is 5.73 Å². The Morgan fingerprint density at radius 1 is 1.50 bits per heavy atom. The number of nitrogens with two attached hydrogens (primary N) is 1. The van der Waals surface area contributed by atoms with Crippen molar-refractivity contribution in [2.24, 2.45) is 10.8 Å². The predicted octanol–water partition coefficient (Wildman–Crippen LogP) is 0.948. The maximum absolute atomic E-state index is 10.6. The molecule has 102 valence electrons. The van der Waals surface area contributed by atoms with Crippen molar-refractivity contribution in [2.45, 2.75) is 0 Å². The molecule has 3 N–H and O–H groups in total. The molecule has 0 aliphatic rings. The van der Waals surface area contributed by atoms with Crippen molar-refractivity contribution in [3.05, 3.63) is 52.6 Å². The molecule has 0 aliphatic carbocycles. The van der Waals surface area contributed by atoms with Gasteiger partial charge in [0.05, 0.1) is 11.1 Å². The molecule has 1 heterocycles. The van der Waals surface area contributed by atoms with Gasteiger partial charge in [0.25, 0.3) is 5.69 Å². The molecule has 0 amide bonds. The first kappa shape index (κ1) is 13.6. The normalized spacial score (nSPS) is 10.6. The van der Waals surface area contributed by atoms with Crippen LogP contribution in [-0.4, -0.2) is 25.8 Å². The van der Waals surface area contributed by atoms with Gasteiger partial charge in [0.2, 0.25) is 0 Å². The summed E-state index contributed by atoms with van der Waals surface area (Å²) in [6.45, 7) is 0. The van der Waals surface area contributed by atoms with Gasteiger partial charge in [-0.05, 0) is 24.4 Å². The Morgan fingerprint density at radius 2 is 2.20 bits per heavy atom. The summed E-state index contributed by atoms with van der Waals surface area (Å²) in [5, 5.41) is 14.5. The molecule has 0 spiro atoms. The Kier molecular flexibility index (Phi) is 4.01. The van der Waals surface area contributed by atoms with E-state index in [4.69, 9.17) is 5.73 Å². The topological polar surface area (TPSA) is 111 Å². The predicted molar refractivity (Wildman–Crippen MR) is 77.7 cm³/mol. The van der Waals surface area contributed by atoms with E-state index in [0.29, 0.717) is 5.82 Å². The van der Waals surface area contributed by atoms with Gasteiger partial charge in [0.15, 0.2) is 10.9 Å². The highest BCUT2D eigenvalue weighted by Gasteiger charge is 2.07. The van der Waals surface area contributed by atoms with E-state index in [0.717, 1.165) is 5.69 Å². The van der Waals surface area contributed by atoms with Gasteiger partial charge in [-0.25, -0.2) is 4.98 Å². The SMILES string of the molecule is NC(=S)N/N=C/c1nccn1-c1ccc([N+](=O)[O-])cc1. The number of hydrogen-bond acceptors (Lipinski definition) is 5. The first-order chi connectivity index (χ1) is 9.58. The molecule has 2 rings (SSSR count). The van der Waals surface area contributed by atoms with Crippen LogP contribution in [0.3, 0.4) is 0 Å². The van der Waals surface area contributed by atoms with E-state index in [9.17, 15) is 10.1 Å². The Bertz CT molecular complexity index is 664. The Labute approximate surface area is 119 Å². The summed E-state index contributed by atoms with van der Waals surface area (Å²) < 4.78 is 1.72. The summed E-state index contributed by atoms with van der Waals surface area (Å²) in [6, 6.07) is 6.09. The average molecular weight is 290 g/mol. The van der Waals surface area contributed by atoms with Crippen molar-refractivity contribution >= 4 is 29.2 Å². The third-order valence-corrected chi connectivity index (χ3v) is 2.45. The number of nitrogens with zero attached hydrogens (tertiary/aromatic N) is 4. The number of benzene rings is 1. The second-order valence-electron chi connectivity index (χ2n) is 3.66. The van der Waals surface area contributed by atoms with Gasteiger partial charge in [0.1, 0.15) is 0 Å². The maximum Gasteiger partial charge on any atom is 0.269 e. The highest BCUT2D eigenvalue weighted by atomic mass is 32.1. The third kappa shape index (κ3) is 3.14. The van der Waals surface area contributed by atoms with E-state index in [-0.39, 0.29) is 10.8 Å². The summed E-state index contributed by atoms with van der Waals surface area (Å²) in [6.07, 6.45) is 4.74. The fraction of sp³-hybridized carbons (Fsp3) is 0. The highest BCUT2D eigenvalue weighted by Crippen LogP contribution is 2.15. The van der Waals surface area contributed by atoms with Crippen LogP contribution < -0.4 is 11.2 Å². The zero-order valence-corrected chi connectivity index (χ0v) is 10.9. The van der Waals surface area contributed by atoms with Crippen LogP contribution >= 0.6 is 12.2 Å². The number of thiocarbonyl (C=S) groups is 1. The molecule has 0 atom stereocenters. The highest BCUT2D eigenvalue weighted by molar-refractivity contribution is 7.80. The fourth-order valence-corrected chi connectivity index (χ4v) is 1.57. The number of nitro benzene ring substituents is 1. The molecule has 0 radical (unpaired) electrons. The standard InChI is InChI=1S/C11H10N6O2S/c12-11(20)15-14-7-10-13-5-6-16(10)8-1-3-9(4-2-8)17(18)19/h1-7H,(H3,12,15,20)/b14-7+. The smallest absolute Gasteiger partial charge is 0.269 e. The molecule has 9 heteroatoms. The zero-order valence-electron chi connectivity index (χ0n) is 10.1. The number of hydrazone groups is 1. The first-order valence-corrected chi connectivity index (χ1v) is 5.85. The van der Waals surface area contributed by atoms with E-state index < -0.39 is 4.92 Å². The van der Waals surface area contributed by atoms with E-state index in [1.54, 1.807) is 29.1 Å². The maximum atomic E-state index is 10.6. The number of nitro groups is 1. The van der Waals surface area contributed by atoms with Crippen molar-refractivity contribution in [1.29, 1.82) is 0 Å². The minimum absolute atomic E-state index is 0.0271. The van der Waals surface area contributed by atoms with Gasteiger partial charge in [-0.1, -0.05) is 0 Å². The van der Waals surface area contributed by atoms with Crippen molar-refractivity contribution in [1.82, 2.24) is 15.0 Å². The van der Waals surface area contributed by atoms with Gasteiger partial charge in [-0.2, -0.15) is 5.10 Å². The molecular formula is C11H10N6O2S. The monoisotopic (exact) mass is 290 g/mol. The fourth-order valence-electron chi connectivity index (χ4n) is 1.52.